The summed E-state index contributed by atoms with van der Waals surface area (Å²) in [6.45, 7) is 0. The molecule has 0 radical (unpaired) electrons. The van der Waals surface area contributed by atoms with Crippen LogP contribution in [0.15, 0.2) is 53.4 Å². The molecule has 0 aliphatic carbocycles. The maximum absolute atomic E-state index is 12.2. The lowest BCUT2D eigenvalue weighted by Gasteiger charge is -2.07. The van der Waals surface area contributed by atoms with Crippen LogP contribution < -0.4 is 4.18 Å². The Morgan fingerprint density at radius 1 is 0.818 bits per heavy atom. The highest BCUT2D eigenvalue weighted by molar-refractivity contribution is 7.87. The van der Waals surface area contributed by atoms with Gasteiger partial charge in [0, 0.05) is 12.1 Å². The minimum Gasteiger partial charge on any atom is -0.371 e. The maximum atomic E-state index is 12.2. The van der Waals surface area contributed by atoms with Crippen LogP contribution in [-0.4, -0.2) is 18.3 Å². The molecule has 0 atom stereocenters. The van der Waals surface area contributed by atoms with Crippen LogP contribution >= 0.6 is 0 Å². The Labute approximate surface area is 124 Å². The fraction of sp³-hybridized carbons (Fsp3) is 0. The van der Waals surface area contributed by atoms with Crippen molar-refractivity contribution in [2.75, 3.05) is 0 Å². The highest BCUT2D eigenvalue weighted by atomic mass is 32.2. The van der Waals surface area contributed by atoms with E-state index in [1.807, 2.05) is 0 Å². The SMILES string of the molecule is O=[N+]([O-])c1ccccc1OS(=O)(=O)c1ccccc1[N+](=O)[O-]. The number of nitro groups is 2. The second kappa shape index (κ2) is 5.77. The Bertz CT molecular complexity index is 848. The first-order valence-electron chi connectivity index (χ1n) is 5.74. The fourth-order valence-electron chi connectivity index (χ4n) is 1.66. The molecule has 0 bridgehead atoms. The second-order valence-corrected chi connectivity index (χ2v) is 5.50. The van der Waals surface area contributed by atoms with E-state index >= 15 is 0 Å². The monoisotopic (exact) mass is 324 g/mol. The third-order valence-electron chi connectivity index (χ3n) is 2.59. The molecule has 22 heavy (non-hydrogen) atoms. The second-order valence-electron chi connectivity index (χ2n) is 3.99. The van der Waals surface area contributed by atoms with Crippen molar-refractivity contribution in [1.82, 2.24) is 0 Å². The minimum atomic E-state index is -4.59. The Kier molecular flexibility index (Phi) is 4.04. The topological polar surface area (TPSA) is 130 Å². The van der Waals surface area contributed by atoms with Crippen LogP contribution in [0.25, 0.3) is 0 Å². The molecule has 0 fully saturated rings. The Morgan fingerprint density at radius 3 is 1.91 bits per heavy atom. The molecule has 0 N–H and O–H groups in total. The molecule has 2 rings (SSSR count). The molecule has 0 aliphatic rings. The van der Waals surface area contributed by atoms with Gasteiger partial charge in [-0.25, -0.2) is 0 Å². The van der Waals surface area contributed by atoms with Crippen LogP contribution in [0.2, 0.25) is 0 Å². The molecule has 2 aromatic rings. The molecule has 10 heteroatoms. The van der Waals surface area contributed by atoms with Gasteiger partial charge in [-0.3, -0.25) is 20.2 Å². The lowest BCUT2D eigenvalue weighted by molar-refractivity contribution is -0.388. The summed E-state index contributed by atoms with van der Waals surface area (Å²) in [5, 5.41) is 21.7. The summed E-state index contributed by atoms with van der Waals surface area (Å²) < 4.78 is 29.0. The molecule has 114 valence electrons. The third-order valence-corrected chi connectivity index (χ3v) is 3.88. The van der Waals surface area contributed by atoms with Gasteiger partial charge in [0.15, 0.2) is 4.90 Å². The van der Waals surface area contributed by atoms with Gasteiger partial charge in [-0.05, 0) is 12.1 Å². The van der Waals surface area contributed by atoms with Crippen LogP contribution in [0.5, 0.6) is 5.75 Å². The van der Waals surface area contributed by atoms with Crippen LogP contribution in [0, 0.1) is 20.2 Å². The molecule has 9 nitrogen and oxygen atoms in total. The summed E-state index contributed by atoms with van der Waals surface area (Å²) in [6.07, 6.45) is 0. The molecule has 0 aliphatic heterocycles. The maximum Gasteiger partial charge on any atom is 0.346 e. The molecule has 0 saturated carbocycles. The lowest BCUT2D eigenvalue weighted by atomic mass is 10.3. The number of nitro benzene ring substituents is 2. The van der Waals surface area contributed by atoms with Gasteiger partial charge in [-0.2, -0.15) is 8.42 Å². The van der Waals surface area contributed by atoms with Gasteiger partial charge in [0.2, 0.25) is 5.75 Å². The third kappa shape index (κ3) is 3.01. The standard InChI is InChI=1S/C12H8N2O7S/c15-13(16)9-5-1-3-7-11(9)21-22(19,20)12-8-4-2-6-10(12)14(17)18/h1-8H. The number of nitrogens with zero attached hydrogens (tertiary/aromatic N) is 2. The summed E-state index contributed by atoms with van der Waals surface area (Å²) in [5.74, 6) is -0.523. The van der Waals surface area contributed by atoms with Gasteiger partial charge in [-0.1, -0.05) is 24.3 Å². The highest BCUT2D eigenvalue weighted by Crippen LogP contribution is 2.31. The smallest absolute Gasteiger partial charge is 0.346 e. The van der Waals surface area contributed by atoms with Crippen molar-refractivity contribution in [3.63, 3.8) is 0 Å². The zero-order chi connectivity index (χ0) is 16.3. The molecule has 0 saturated heterocycles. The van der Waals surface area contributed by atoms with E-state index in [2.05, 4.69) is 0 Å². The predicted molar refractivity (Wildman–Crippen MR) is 74.0 cm³/mol. The van der Waals surface area contributed by atoms with Gasteiger partial charge in [0.1, 0.15) is 0 Å². The van der Waals surface area contributed by atoms with E-state index in [1.54, 1.807) is 0 Å². The van der Waals surface area contributed by atoms with E-state index in [1.165, 1.54) is 24.3 Å². The van der Waals surface area contributed by atoms with Crippen molar-refractivity contribution in [2.24, 2.45) is 0 Å². The van der Waals surface area contributed by atoms with E-state index in [0.717, 1.165) is 24.3 Å². The van der Waals surface area contributed by atoms with E-state index < -0.39 is 42.0 Å². The summed E-state index contributed by atoms with van der Waals surface area (Å²) in [7, 11) is -4.59. The number of hydrogen-bond acceptors (Lipinski definition) is 7. The zero-order valence-corrected chi connectivity index (χ0v) is 11.6. The van der Waals surface area contributed by atoms with Gasteiger partial charge < -0.3 is 4.18 Å². The lowest BCUT2D eigenvalue weighted by Crippen LogP contribution is -2.12. The van der Waals surface area contributed by atoms with E-state index in [4.69, 9.17) is 4.18 Å². The molecule has 0 unspecified atom stereocenters. The Morgan fingerprint density at radius 2 is 1.32 bits per heavy atom. The molecule has 2 aromatic carbocycles. The Hall–Kier alpha value is -3.01. The zero-order valence-electron chi connectivity index (χ0n) is 10.8. The van der Waals surface area contributed by atoms with Crippen LogP contribution in [0.3, 0.4) is 0 Å². The van der Waals surface area contributed by atoms with Crippen molar-refractivity contribution in [3.8, 4) is 5.75 Å². The minimum absolute atomic E-state index is 0.523. The van der Waals surface area contributed by atoms with E-state index in [0.29, 0.717) is 0 Å². The van der Waals surface area contributed by atoms with Crippen LogP contribution in [-0.2, 0) is 10.1 Å². The largest absolute Gasteiger partial charge is 0.371 e. The van der Waals surface area contributed by atoms with Gasteiger partial charge >= 0.3 is 15.8 Å². The highest BCUT2D eigenvalue weighted by Gasteiger charge is 2.29. The molecule has 0 amide bonds. The summed E-state index contributed by atoms with van der Waals surface area (Å²) in [6, 6.07) is 9.39. The van der Waals surface area contributed by atoms with Crippen molar-refractivity contribution in [3.05, 3.63) is 68.8 Å². The van der Waals surface area contributed by atoms with Crippen LogP contribution in [0.4, 0.5) is 11.4 Å². The molecular weight excluding hydrogens is 316 g/mol. The Balaban J connectivity index is 2.50. The summed E-state index contributed by atoms with van der Waals surface area (Å²) in [5.41, 5.74) is -1.24. The normalized spacial score (nSPS) is 10.9. The van der Waals surface area contributed by atoms with Crippen molar-refractivity contribution in [2.45, 2.75) is 4.90 Å². The van der Waals surface area contributed by atoms with Gasteiger partial charge in [0.25, 0.3) is 5.69 Å². The molecule has 0 heterocycles. The molecule has 0 aromatic heterocycles. The average Bonchev–Trinajstić information content (AvgIpc) is 2.47. The van der Waals surface area contributed by atoms with E-state index in [9.17, 15) is 28.6 Å². The first-order valence-corrected chi connectivity index (χ1v) is 7.15. The summed E-state index contributed by atoms with van der Waals surface area (Å²) in [4.78, 5) is 19.3. The van der Waals surface area contributed by atoms with Crippen LogP contribution in [0.1, 0.15) is 0 Å². The fourth-order valence-corrected chi connectivity index (χ4v) is 2.77. The quantitative estimate of drug-likeness (QED) is 0.468. The van der Waals surface area contributed by atoms with Crippen molar-refractivity contribution in [1.29, 1.82) is 0 Å². The molecule has 0 spiro atoms. The average molecular weight is 324 g/mol. The number of hydrogen-bond donors (Lipinski definition) is 0. The first-order chi connectivity index (χ1) is 10.3. The number of benzene rings is 2. The van der Waals surface area contributed by atoms with Crippen molar-refractivity contribution >= 4 is 21.5 Å². The van der Waals surface area contributed by atoms with Gasteiger partial charge in [-0.15, -0.1) is 0 Å². The van der Waals surface area contributed by atoms with E-state index in [-0.39, 0.29) is 0 Å². The number of para-hydroxylation sites is 3. The predicted octanol–water partition coefficient (Wildman–Crippen LogP) is 2.27. The molecular formula is C12H8N2O7S. The first kappa shape index (κ1) is 15.4. The summed E-state index contributed by atoms with van der Waals surface area (Å²) >= 11 is 0. The van der Waals surface area contributed by atoms with Gasteiger partial charge in [0.05, 0.1) is 9.85 Å². The number of rotatable bonds is 5. The van der Waals surface area contributed by atoms with Crippen molar-refractivity contribution < 1.29 is 22.4 Å².